The van der Waals surface area contributed by atoms with Gasteiger partial charge in [0.15, 0.2) is 0 Å². The van der Waals surface area contributed by atoms with E-state index in [4.69, 9.17) is 0 Å². The second kappa shape index (κ2) is 5.06. The van der Waals surface area contributed by atoms with Crippen molar-refractivity contribution in [2.45, 2.75) is 31.5 Å². The molecule has 0 N–H and O–H groups in total. The summed E-state index contributed by atoms with van der Waals surface area (Å²) in [6, 6.07) is 0. The largest absolute Gasteiger partial charge is 1.00 e. The normalized spacial score (nSPS) is 17.8. The second-order valence-corrected chi connectivity index (χ2v) is 4.39. The van der Waals surface area contributed by atoms with Gasteiger partial charge in [0.05, 0.1) is 0 Å². The molecule has 7 heteroatoms. The molecule has 1 aromatic heterocycles. The van der Waals surface area contributed by atoms with Crippen LogP contribution in [0, 0.1) is 0 Å². The Bertz CT molecular complexity index is 362. The second-order valence-electron chi connectivity index (χ2n) is 4.39. The van der Waals surface area contributed by atoms with Crippen molar-refractivity contribution in [1.29, 1.82) is 0 Å². The number of aromatic nitrogens is 2. The number of halogens is 3. The minimum Gasteiger partial charge on any atom is -0.449 e. The average Bonchev–Trinajstić information content (AvgIpc) is 2.83. The van der Waals surface area contributed by atoms with Crippen LogP contribution in [0.4, 0.5) is 12.9 Å². The monoisotopic (exact) mass is 254 g/mol. The van der Waals surface area contributed by atoms with Crippen LogP contribution in [0.2, 0.25) is 0 Å². The van der Waals surface area contributed by atoms with Gasteiger partial charge in [0, 0.05) is 17.8 Å². The summed E-state index contributed by atoms with van der Waals surface area (Å²) in [6.45, 7) is -2.77. The Morgan fingerprint density at radius 3 is 2.12 bits per heavy atom. The molecule has 0 aliphatic heterocycles. The molecule has 0 saturated heterocycles. The van der Waals surface area contributed by atoms with E-state index in [0.29, 0.717) is 5.82 Å². The molecule has 1 heterocycles. The van der Waals surface area contributed by atoms with E-state index in [-0.39, 0.29) is 62.4 Å². The number of nitrogens with zero attached hydrogens (tertiary/aromatic N) is 2. The molecule has 1 aliphatic carbocycles. The summed E-state index contributed by atoms with van der Waals surface area (Å²) in [7, 11) is 0. The summed E-state index contributed by atoms with van der Waals surface area (Å²) in [4.78, 5) is 7.99. The Kier molecular flexibility index (Phi) is 4.62. The molecule has 2 rings (SSSR count). The summed E-state index contributed by atoms with van der Waals surface area (Å²) >= 11 is 0. The van der Waals surface area contributed by atoms with Gasteiger partial charge in [-0.1, -0.05) is 13.2 Å². The fourth-order valence-corrected chi connectivity index (χ4v) is 1.45. The van der Waals surface area contributed by atoms with Gasteiger partial charge in [-0.05, 0) is 18.4 Å². The zero-order valence-electron chi connectivity index (χ0n) is 9.38. The van der Waals surface area contributed by atoms with Crippen LogP contribution in [0.15, 0.2) is 12.4 Å². The molecule has 0 bridgehead atoms. The Labute approximate surface area is 135 Å². The van der Waals surface area contributed by atoms with Crippen molar-refractivity contribution in [3.63, 3.8) is 0 Å². The smallest absolute Gasteiger partial charge is 0.449 e. The van der Waals surface area contributed by atoms with E-state index in [2.05, 4.69) is 9.97 Å². The first-order valence-electron chi connectivity index (χ1n) is 4.91. The molecule has 16 heavy (non-hydrogen) atoms. The molecule has 0 amide bonds. The van der Waals surface area contributed by atoms with Gasteiger partial charge in [0.25, 0.3) is 0 Å². The van der Waals surface area contributed by atoms with Crippen molar-refractivity contribution in [3.05, 3.63) is 23.8 Å². The third-order valence-corrected chi connectivity index (χ3v) is 2.71. The molecule has 0 aromatic carbocycles. The zero-order valence-corrected chi connectivity index (χ0v) is 12.5. The molecule has 1 aromatic rings. The Hall–Kier alpha value is 0.571. The first-order valence-corrected chi connectivity index (χ1v) is 4.91. The van der Waals surface area contributed by atoms with Gasteiger partial charge >= 0.3 is 58.4 Å². The van der Waals surface area contributed by atoms with Crippen LogP contribution in [0.25, 0.3) is 0 Å². The molecule has 2 nitrogen and oxygen atoms in total. The van der Waals surface area contributed by atoms with E-state index >= 15 is 0 Å². The van der Waals surface area contributed by atoms with Crippen molar-refractivity contribution >= 4 is 6.98 Å². The maximum Gasteiger partial charge on any atom is 1.00 e. The number of hydrogen-bond donors (Lipinski definition) is 0. The predicted molar refractivity (Wildman–Crippen MR) is 51.4 cm³/mol. The van der Waals surface area contributed by atoms with E-state index in [1.807, 2.05) is 6.92 Å². The molecule has 82 valence electrons. The van der Waals surface area contributed by atoms with E-state index in [9.17, 15) is 12.9 Å². The molecule has 0 unspecified atom stereocenters. The van der Waals surface area contributed by atoms with Gasteiger partial charge in [0.2, 0.25) is 0 Å². The zero-order chi connectivity index (χ0) is 11.1. The molecule has 0 radical (unpaired) electrons. The van der Waals surface area contributed by atoms with Crippen LogP contribution in [0.5, 0.6) is 0 Å². The van der Waals surface area contributed by atoms with Gasteiger partial charge in [-0.2, -0.15) is 0 Å². The van der Waals surface area contributed by atoms with Gasteiger partial charge in [0.1, 0.15) is 5.82 Å². The standard InChI is InChI=1S/C9H11BF3N2.K/c1-9(2-3-9)8-14-5-7(6-15-8)4-10(11,12)13;/h5-6H,2-4H2,1H3;/q-1;+1. The van der Waals surface area contributed by atoms with Crippen LogP contribution >= 0.6 is 0 Å². The SMILES string of the molecule is CC1(c2ncc(C[B-](F)(F)F)cn2)CC1.[K+]. The third kappa shape index (κ3) is 3.80. The first kappa shape index (κ1) is 14.6. The predicted octanol–water partition coefficient (Wildman–Crippen LogP) is -0.539. The minimum atomic E-state index is -4.79. The van der Waals surface area contributed by atoms with Gasteiger partial charge in [-0.3, -0.25) is 0 Å². The Morgan fingerprint density at radius 1 is 1.25 bits per heavy atom. The van der Waals surface area contributed by atoms with Crippen LogP contribution in [0.3, 0.4) is 0 Å². The van der Waals surface area contributed by atoms with Crippen LogP contribution in [-0.4, -0.2) is 16.9 Å². The van der Waals surface area contributed by atoms with Crippen molar-refractivity contribution in [3.8, 4) is 0 Å². The summed E-state index contributed by atoms with van der Waals surface area (Å²) in [6.07, 6.45) is 3.74. The summed E-state index contributed by atoms with van der Waals surface area (Å²) < 4.78 is 36.3. The average molecular weight is 254 g/mol. The van der Waals surface area contributed by atoms with E-state index < -0.39 is 13.3 Å². The Morgan fingerprint density at radius 2 is 1.75 bits per heavy atom. The number of rotatable bonds is 3. The minimum absolute atomic E-state index is 0. The fraction of sp³-hybridized carbons (Fsp3) is 0.556. The maximum absolute atomic E-state index is 12.1. The fourth-order valence-electron chi connectivity index (χ4n) is 1.45. The van der Waals surface area contributed by atoms with Gasteiger partial charge in [-0.25, -0.2) is 9.97 Å². The van der Waals surface area contributed by atoms with Gasteiger partial charge in [-0.15, -0.1) is 0 Å². The molecular formula is C9H11BF3KN2. The first-order chi connectivity index (χ1) is 6.89. The van der Waals surface area contributed by atoms with Crippen molar-refractivity contribution in [2.24, 2.45) is 0 Å². The van der Waals surface area contributed by atoms with Crippen LogP contribution < -0.4 is 51.4 Å². The molecular weight excluding hydrogens is 243 g/mol. The molecule has 0 spiro atoms. The quantitative estimate of drug-likeness (QED) is 0.677. The molecule has 1 aliphatic rings. The van der Waals surface area contributed by atoms with Gasteiger partial charge < -0.3 is 12.9 Å². The topological polar surface area (TPSA) is 25.8 Å². The molecule has 1 fully saturated rings. The van der Waals surface area contributed by atoms with Crippen molar-refractivity contribution in [1.82, 2.24) is 9.97 Å². The summed E-state index contributed by atoms with van der Waals surface area (Å²) in [5.74, 6) is 0.668. The Balaban J connectivity index is 0.00000128. The molecule has 0 atom stereocenters. The third-order valence-electron chi connectivity index (χ3n) is 2.71. The van der Waals surface area contributed by atoms with E-state index in [0.717, 1.165) is 12.8 Å². The van der Waals surface area contributed by atoms with Crippen molar-refractivity contribution < 1.29 is 64.3 Å². The number of hydrogen-bond acceptors (Lipinski definition) is 2. The summed E-state index contributed by atoms with van der Waals surface area (Å²) in [5, 5.41) is 0. The van der Waals surface area contributed by atoms with Crippen molar-refractivity contribution in [2.75, 3.05) is 0 Å². The van der Waals surface area contributed by atoms with E-state index in [1.54, 1.807) is 0 Å². The van der Waals surface area contributed by atoms with Crippen LogP contribution in [-0.2, 0) is 11.7 Å². The van der Waals surface area contributed by atoms with Crippen LogP contribution in [0.1, 0.15) is 31.2 Å². The van der Waals surface area contributed by atoms with E-state index in [1.165, 1.54) is 12.4 Å². The molecule has 1 saturated carbocycles. The maximum atomic E-state index is 12.1. The summed E-state index contributed by atoms with van der Waals surface area (Å²) in [5.41, 5.74) is 0.164.